The molecule has 0 atom stereocenters. The van der Waals surface area contributed by atoms with Crippen molar-refractivity contribution in [3.63, 3.8) is 0 Å². The number of thiocarbonyl (C=S) groups is 1. The van der Waals surface area contributed by atoms with E-state index in [9.17, 15) is 20.2 Å². The van der Waals surface area contributed by atoms with Gasteiger partial charge in [-0.2, -0.15) is 0 Å². The highest BCUT2D eigenvalue weighted by atomic mass is 32.1. The van der Waals surface area contributed by atoms with E-state index < -0.39 is 27.8 Å². The number of nitrogens with zero attached hydrogens (tertiary/aromatic N) is 2. The maximum atomic E-state index is 10.9. The molecule has 9 heteroatoms. The molecular formula is C10H10N2O6S. The van der Waals surface area contributed by atoms with Crippen molar-refractivity contribution >= 4 is 28.6 Å². The Hall–Kier alpha value is -2.13. The fraction of sp³-hybridized carbons (Fsp3) is 0.300. The summed E-state index contributed by atoms with van der Waals surface area (Å²) in [5.41, 5.74) is -1.05. The molecule has 1 N–H and O–H groups in total. The topological polar surface area (TPSA) is 116 Å². The van der Waals surface area contributed by atoms with Gasteiger partial charge in [-0.05, 0) is 17.8 Å². The highest BCUT2D eigenvalue weighted by Gasteiger charge is 2.27. The minimum Gasteiger partial charge on any atom is -0.482 e. The van der Waals surface area contributed by atoms with Crippen molar-refractivity contribution in [2.24, 2.45) is 0 Å². The minimum absolute atomic E-state index is 0.0845. The Morgan fingerprint density at radius 2 is 1.79 bits per heavy atom. The predicted octanol–water partition coefficient (Wildman–Crippen LogP) is 1.86. The van der Waals surface area contributed by atoms with Gasteiger partial charge in [0.2, 0.25) is 0 Å². The number of nitro benzene ring substituents is 2. The first kappa shape index (κ1) is 14.9. The zero-order valence-corrected chi connectivity index (χ0v) is 10.7. The number of aliphatic hydroxyl groups excluding tert-OH is 1. The maximum Gasteiger partial charge on any atom is 0.283 e. The summed E-state index contributed by atoms with van der Waals surface area (Å²) < 4.78 is 4.94. The molecule has 0 spiro atoms. The molecule has 8 nitrogen and oxygen atoms in total. The third kappa shape index (κ3) is 3.66. The van der Waals surface area contributed by atoms with E-state index in [2.05, 4.69) is 12.2 Å². The fourth-order valence-electron chi connectivity index (χ4n) is 1.44. The molecule has 0 aliphatic rings. The van der Waals surface area contributed by atoms with Gasteiger partial charge in [0, 0.05) is 19.1 Å². The Morgan fingerprint density at radius 3 is 2.11 bits per heavy atom. The van der Waals surface area contributed by atoms with Gasteiger partial charge in [0.15, 0.2) is 5.05 Å². The second-order valence-electron chi connectivity index (χ2n) is 3.57. The van der Waals surface area contributed by atoms with Gasteiger partial charge in [-0.1, -0.05) is 0 Å². The molecule has 1 rings (SSSR count). The summed E-state index contributed by atoms with van der Waals surface area (Å²) in [5.74, 6) is 0. The second-order valence-corrected chi connectivity index (χ2v) is 4.14. The van der Waals surface area contributed by atoms with E-state index in [1.165, 1.54) is 6.92 Å². The number of hydrogen-bond donors (Lipinski definition) is 1. The normalized spacial score (nSPS) is 10.0. The molecule has 0 heterocycles. The Kier molecular flexibility index (Phi) is 4.84. The molecule has 0 bridgehead atoms. The van der Waals surface area contributed by atoms with E-state index in [-0.39, 0.29) is 22.8 Å². The molecule has 0 amide bonds. The summed E-state index contributed by atoms with van der Waals surface area (Å²) in [7, 11) is 0. The summed E-state index contributed by atoms with van der Waals surface area (Å²) in [6, 6.07) is 2.15. The predicted molar refractivity (Wildman–Crippen MR) is 68.7 cm³/mol. The van der Waals surface area contributed by atoms with E-state index in [0.29, 0.717) is 0 Å². The van der Waals surface area contributed by atoms with Crippen molar-refractivity contribution in [1.82, 2.24) is 0 Å². The Morgan fingerprint density at radius 1 is 1.32 bits per heavy atom. The highest BCUT2D eigenvalue weighted by molar-refractivity contribution is 7.80. The molecular weight excluding hydrogens is 276 g/mol. The summed E-state index contributed by atoms with van der Waals surface area (Å²) in [6.45, 7) is 0.553. The first-order valence-electron chi connectivity index (χ1n) is 5.05. The van der Waals surface area contributed by atoms with Crippen LogP contribution in [0.4, 0.5) is 11.4 Å². The van der Waals surface area contributed by atoms with Crippen molar-refractivity contribution in [2.75, 3.05) is 0 Å². The molecule has 0 saturated carbocycles. The van der Waals surface area contributed by atoms with Crippen LogP contribution in [0.1, 0.15) is 18.1 Å². The number of rotatable bonds is 5. The van der Waals surface area contributed by atoms with E-state index in [4.69, 9.17) is 9.84 Å². The average molecular weight is 286 g/mol. The molecule has 0 aliphatic carbocycles. The van der Waals surface area contributed by atoms with Gasteiger partial charge >= 0.3 is 0 Å². The van der Waals surface area contributed by atoms with E-state index in [1.54, 1.807) is 0 Å². The summed E-state index contributed by atoms with van der Waals surface area (Å²) in [5, 5.41) is 30.9. The zero-order valence-electron chi connectivity index (χ0n) is 9.86. The molecule has 1 aromatic carbocycles. The van der Waals surface area contributed by atoms with Gasteiger partial charge in [-0.3, -0.25) is 20.2 Å². The average Bonchev–Trinajstić information content (AvgIpc) is 2.34. The SMILES string of the molecule is CC(=S)OCc1c([N+](=O)[O-])cc(CO)cc1[N+](=O)[O-]. The van der Waals surface area contributed by atoms with Crippen LogP contribution in [-0.4, -0.2) is 20.0 Å². The van der Waals surface area contributed by atoms with Gasteiger partial charge in [-0.15, -0.1) is 0 Å². The van der Waals surface area contributed by atoms with E-state index in [1.807, 2.05) is 0 Å². The standard InChI is InChI=1S/C10H10N2O6S/c1-6(19)18-5-8-9(11(14)15)2-7(4-13)3-10(8)12(16)17/h2-3,13H,4-5H2,1H3. The van der Waals surface area contributed by atoms with Crippen molar-refractivity contribution < 1.29 is 19.7 Å². The van der Waals surface area contributed by atoms with Crippen LogP contribution in [0.3, 0.4) is 0 Å². The first-order valence-corrected chi connectivity index (χ1v) is 5.46. The van der Waals surface area contributed by atoms with Crippen molar-refractivity contribution in [2.45, 2.75) is 20.1 Å². The number of nitro groups is 2. The Bertz CT molecular complexity index is 510. The van der Waals surface area contributed by atoms with Gasteiger partial charge in [0.25, 0.3) is 11.4 Å². The summed E-state index contributed by atoms with van der Waals surface area (Å²) in [4.78, 5) is 20.3. The molecule has 0 aromatic heterocycles. The monoisotopic (exact) mass is 286 g/mol. The minimum atomic E-state index is -0.760. The fourth-order valence-corrected chi connectivity index (χ4v) is 1.50. The van der Waals surface area contributed by atoms with Gasteiger partial charge in [-0.25, -0.2) is 0 Å². The lowest BCUT2D eigenvalue weighted by Crippen LogP contribution is -2.06. The van der Waals surface area contributed by atoms with E-state index >= 15 is 0 Å². The number of hydrogen-bond acceptors (Lipinski definition) is 7. The maximum absolute atomic E-state index is 10.9. The van der Waals surface area contributed by atoms with Crippen LogP contribution in [0, 0.1) is 20.2 Å². The first-order chi connectivity index (χ1) is 8.86. The molecule has 0 saturated heterocycles. The number of benzene rings is 1. The summed E-state index contributed by atoms with van der Waals surface area (Å²) in [6.07, 6.45) is 0. The quantitative estimate of drug-likeness (QED) is 0.498. The van der Waals surface area contributed by atoms with Gasteiger partial charge in [0.1, 0.15) is 12.2 Å². The third-order valence-electron chi connectivity index (χ3n) is 2.26. The number of ether oxygens (including phenoxy) is 1. The lowest BCUT2D eigenvalue weighted by molar-refractivity contribution is -0.396. The Labute approximate surface area is 112 Å². The van der Waals surface area contributed by atoms with Crippen molar-refractivity contribution in [3.05, 3.63) is 43.5 Å². The van der Waals surface area contributed by atoms with Crippen LogP contribution in [0.2, 0.25) is 0 Å². The largest absolute Gasteiger partial charge is 0.482 e. The van der Waals surface area contributed by atoms with Gasteiger partial charge < -0.3 is 9.84 Å². The molecule has 0 unspecified atom stereocenters. The van der Waals surface area contributed by atoms with Crippen LogP contribution >= 0.6 is 12.2 Å². The van der Waals surface area contributed by atoms with Crippen molar-refractivity contribution in [1.29, 1.82) is 0 Å². The molecule has 1 aromatic rings. The van der Waals surface area contributed by atoms with Crippen molar-refractivity contribution in [3.8, 4) is 0 Å². The van der Waals surface area contributed by atoms with Crippen LogP contribution < -0.4 is 0 Å². The third-order valence-corrected chi connectivity index (χ3v) is 2.38. The van der Waals surface area contributed by atoms with Crippen LogP contribution in [0.15, 0.2) is 12.1 Å². The summed E-state index contributed by atoms with van der Waals surface area (Å²) >= 11 is 4.66. The lowest BCUT2D eigenvalue weighted by Gasteiger charge is -2.07. The highest BCUT2D eigenvalue weighted by Crippen LogP contribution is 2.31. The van der Waals surface area contributed by atoms with Gasteiger partial charge in [0.05, 0.1) is 16.5 Å². The molecule has 0 radical (unpaired) electrons. The van der Waals surface area contributed by atoms with Crippen LogP contribution in [0.5, 0.6) is 0 Å². The van der Waals surface area contributed by atoms with Crippen LogP contribution in [-0.2, 0) is 18.0 Å². The molecule has 0 fully saturated rings. The second kappa shape index (κ2) is 6.16. The smallest absolute Gasteiger partial charge is 0.283 e. The molecule has 0 aliphatic heterocycles. The molecule has 102 valence electrons. The Balaban J connectivity index is 3.40. The lowest BCUT2D eigenvalue weighted by atomic mass is 10.1. The molecule has 19 heavy (non-hydrogen) atoms. The number of aliphatic hydroxyl groups is 1. The van der Waals surface area contributed by atoms with Crippen LogP contribution in [0.25, 0.3) is 0 Å². The zero-order chi connectivity index (χ0) is 14.6. The van der Waals surface area contributed by atoms with E-state index in [0.717, 1.165) is 12.1 Å².